The zero-order valence-corrected chi connectivity index (χ0v) is 10.2. The van der Waals surface area contributed by atoms with E-state index in [1.54, 1.807) is 6.07 Å². The van der Waals surface area contributed by atoms with E-state index in [0.717, 1.165) is 12.1 Å². The first-order valence-electron chi connectivity index (χ1n) is 5.67. The molecule has 2 aromatic rings. The molecule has 20 heavy (non-hydrogen) atoms. The summed E-state index contributed by atoms with van der Waals surface area (Å²) in [5.74, 6) is -1.34. The smallest absolute Gasteiger partial charge is 0.387 e. The number of alkyl halides is 2. The standard InChI is InChI=1S/C13H11F3N2O2/c14-11-5-8(2-4-12(11)20-13(15)16)17-6-9-1-3-10(19)7-18-9/h1-5,7,13,17,19H,6H2. The Morgan fingerprint density at radius 1 is 1.25 bits per heavy atom. The van der Waals surface area contributed by atoms with Gasteiger partial charge in [0.05, 0.1) is 18.4 Å². The number of aromatic nitrogens is 1. The molecule has 4 nitrogen and oxygen atoms in total. The van der Waals surface area contributed by atoms with Gasteiger partial charge in [-0.15, -0.1) is 0 Å². The summed E-state index contributed by atoms with van der Waals surface area (Å²) in [6, 6.07) is 6.67. The van der Waals surface area contributed by atoms with Crippen molar-refractivity contribution in [3.63, 3.8) is 0 Å². The van der Waals surface area contributed by atoms with Crippen molar-refractivity contribution in [1.82, 2.24) is 4.98 Å². The molecule has 0 aliphatic carbocycles. The molecule has 0 spiro atoms. The van der Waals surface area contributed by atoms with Crippen LogP contribution >= 0.6 is 0 Å². The molecule has 0 aliphatic heterocycles. The van der Waals surface area contributed by atoms with E-state index in [9.17, 15) is 13.2 Å². The lowest BCUT2D eigenvalue weighted by molar-refractivity contribution is -0.0521. The lowest BCUT2D eigenvalue weighted by atomic mass is 10.2. The number of halogens is 3. The second-order valence-electron chi connectivity index (χ2n) is 3.88. The van der Waals surface area contributed by atoms with Gasteiger partial charge in [-0.2, -0.15) is 8.78 Å². The van der Waals surface area contributed by atoms with Crippen LogP contribution in [0.3, 0.4) is 0 Å². The Bertz CT molecular complexity index is 576. The molecule has 7 heteroatoms. The lowest BCUT2D eigenvalue weighted by Gasteiger charge is -2.09. The zero-order valence-electron chi connectivity index (χ0n) is 10.2. The minimum Gasteiger partial charge on any atom is -0.506 e. The fraction of sp³-hybridized carbons (Fsp3) is 0.154. The van der Waals surface area contributed by atoms with E-state index in [2.05, 4.69) is 15.0 Å². The number of benzene rings is 1. The van der Waals surface area contributed by atoms with Crippen molar-refractivity contribution in [3.05, 3.63) is 48.0 Å². The maximum atomic E-state index is 13.4. The zero-order chi connectivity index (χ0) is 14.5. The quantitative estimate of drug-likeness (QED) is 0.885. The monoisotopic (exact) mass is 284 g/mol. The van der Waals surface area contributed by atoms with Crippen LogP contribution in [0.15, 0.2) is 36.5 Å². The highest BCUT2D eigenvalue weighted by Crippen LogP contribution is 2.23. The summed E-state index contributed by atoms with van der Waals surface area (Å²) in [5.41, 5.74) is 1.04. The Morgan fingerprint density at radius 3 is 2.65 bits per heavy atom. The number of hydrogen-bond donors (Lipinski definition) is 2. The molecule has 1 aromatic heterocycles. The predicted molar refractivity (Wildman–Crippen MR) is 66.3 cm³/mol. The van der Waals surface area contributed by atoms with Crippen LogP contribution in [-0.4, -0.2) is 16.7 Å². The highest BCUT2D eigenvalue weighted by molar-refractivity contribution is 5.47. The van der Waals surface area contributed by atoms with Gasteiger partial charge >= 0.3 is 6.61 Å². The molecular weight excluding hydrogens is 273 g/mol. The van der Waals surface area contributed by atoms with E-state index in [-0.39, 0.29) is 5.75 Å². The SMILES string of the molecule is Oc1ccc(CNc2ccc(OC(F)F)c(F)c2)nc1. The highest BCUT2D eigenvalue weighted by atomic mass is 19.3. The Hall–Kier alpha value is -2.44. The van der Waals surface area contributed by atoms with E-state index < -0.39 is 18.2 Å². The van der Waals surface area contributed by atoms with E-state index in [4.69, 9.17) is 5.11 Å². The number of nitrogens with one attached hydrogen (secondary N) is 1. The lowest BCUT2D eigenvalue weighted by Crippen LogP contribution is -2.05. The molecule has 0 radical (unpaired) electrons. The van der Waals surface area contributed by atoms with E-state index >= 15 is 0 Å². The molecular formula is C13H11F3N2O2. The summed E-state index contributed by atoms with van der Waals surface area (Å²) in [6.45, 7) is -2.76. The Labute approximate surface area is 112 Å². The molecule has 0 unspecified atom stereocenters. The molecule has 0 saturated carbocycles. The van der Waals surface area contributed by atoms with Crippen LogP contribution < -0.4 is 10.1 Å². The molecule has 2 N–H and O–H groups in total. The summed E-state index contributed by atoms with van der Waals surface area (Å²) < 4.78 is 41.4. The van der Waals surface area contributed by atoms with Gasteiger partial charge in [0.25, 0.3) is 0 Å². The van der Waals surface area contributed by atoms with Crippen molar-refractivity contribution in [2.45, 2.75) is 13.2 Å². The van der Waals surface area contributed by atoms with Gasteiger partial charge in [-0.25, -0.2) is 4.39 Å². The molecule has 106 valence electrons. The van der Waals surface area contributed by atoms with Crippen LogP contribution in [0.4, 0.5) is 18.9 Å². The van der Waals surface area contributed by atoms with Gasteiger partial charge in [0.2, 0.25) is 0 Å². The minimum absolute atomic E-state index is 0.0493. The molecule has 0 bridgehead atoms. The largest absolute Gasteiger partial charge is 0.506 e. The van der Waals surface area contributed by atoms with E-state index in [1.165, 1.54) is 18.3 Å². The van der Waals surface area contributed by atoms with E-state index in [1.807, 2.05) is 0 Å². The Morgan fingerprint density at radius 2 is 2.05 bits per heavy atom. The molecule has 0 amide bonds. The predicted octanol–water partition coefficient (Wildman–Crippen LogP) is 3.14. The number of rotatable bonds is 5. The second-order valence-corrected chi connectivity index (χ2v) is 3.88. The van der Waals surface area contributed by atoms with Crippen LogP contribution in [0.25, 0.3) is 0 Å². The van der Waals surface area contributed by atoms with Crippen molar-refractivity contribution < 1.29 is 23.0 Å². The number of ether oxygens (including phenoxy) is 1. The maximum Gasteiger partial charge on any atom is 0.387 e. The van der Waals surface area contributed by atoms with Gasteiger partial charge in [-0.05, 0) is 24.3 Å². The summed E-state index contributed by atoms with van der Waals surface area (Å²) in [4.78, 5) is 3.94. The van der Waals surface area contributed by atoms with Gasteiger partial charge in [0.15, 0.2) is 11.6 Å². The average molecular weight is 284 g/mol. The molecule has 0 atom stereocenters. The molecule has 0 saturated heterocycles. The number of pyridine rings is 1. The second kappa shape index (κ2) is 6.14. The van der Waals surface area contributed by atoms with Crippen LogP contribution in [0.5, 0.6) is 11.5 Å². The Kier molecular flexibility index (Phi) is 4.29. The number of nitrogens with zero attached hydrogens (tertiary/aromatic N) is 1. The third-order valence-corrected chi connectivity index (χ3v) is 2.43. The normalized spacial score (nSPS) is 10.6. The molecule has 2 rings (SSSR count). The van der Waals surface area contributed by atoms with Crippen molar-refractivity contribution in [1.29, 1.82) is 0 Å². The van der Waals surface area contributed by atoms with Crippen molar-refractivity contribution in [2.75, 3.05) is 5.32 Å². The van der Waals surface area contributed by atoms with E-state index in [0.29, 0.717) is 17.9 Å². The van der Waals surface area contributed by atoms with Gasteiger partial charge in [0, 0.05) is 11.8 Å². The van der Waals surface area contributed by atoms with Gasteiger partial charge < -0.3 is 15.2 Å². The number of anilines is 1. The van der Waals surface area contributed by atoms with Gasteiger partial charge in [-0.3, -0.25) is 4.98 Å². The summed E-state index contributed by atoms with van der Waals surface area (Å²) in [7, 11) is 0. The molecule has 0 aliphatic rings. The fourth-order valence-electron chi connectivity index (χ4n) is 1.52. The van der Waals surface area contributed by atoms with Crippen LogP contribution in [0, 0.1) is 5.82 Å². The fourth-order valence-corrected chi connectivity index (χ4v) is 1.52. The summed E-state index contributed by atoms with van der Waals surface area (Å²) in [5, 5.41) is 11.9. The van der Waals surface area contributed by atoms with Crippen molar-refractivity contribution >= 4 is 5.69 Å². The average Bonchev–Trinajstić information content (AvgIpc) is 2.40. The van der Waals surface area contributed by atoms with Crippen LogP contribution in [0.1, 0.15) is 5.69 Å². The summed E-state index contributed by atoms with van der Waals surface area (Å²) >= 11 is 0. The summed E-state index contributed by atoms with van der Waals surface area (Å²) in [6.07, 6.45) is 1.29. The van der Waals surface area contributed by atoms with Crippen LogP contribution in [-0.2, 0) is 6.54 Å². The third-order valence-electron chi connectivity index (χ3n) is 2.43. The number of aromatic hydroxyl groups is 1. The minimum atomic E-state index is -3.07. The first-order chi connectivity index (χ1) is 9.54. The molecule has 1 aromatic carbocycles. The molecule has 1 heterocycles. The van der Waals surface area contributed by atoms with Gasteiger partial charge in [-0.1, -0.05) is 0 Å². The van der Waals surface area contributed by atoms with Crippen LogP contribution in [0.2, 0.25) is 0 Å². The first-order valence-corrected chi connectivity index (χ1v) is 5.67. The first kappa shape index (κ1) is 14.0. The topological polar surface area (TPSA) is 54.4 Å². The van der Waals surface area contributed by atoms with Crippen molar-refractivity contribution in [3.8, 4) is 11.5 Å². The third kappa shape index (κ3) is 3.78. The molecule has 0 fully saturated rings. The maximum absolute atomic E-state index is 13.4. The van der Waals surface area contributed by atoms with Gasteiger partial charge in [0.1, 0.15) is 5.75 Å². The Balaban J connectivity index is 1.99. The van der Waals surface area contributed by atoms with Crippen molar-refractivity contribution in [2.24, 2.45) is 0 Å². The highest BCUT2D eigenvalue weighted by Gasteiger charge is 2.10. The number of hydrogen-bond acceptors (Lipinski definition) is 4.